The van der Waals surface area contributed by atoms with Crippen molar-refractivity contribution in [1.82, 2.24) is 0 Å². The Labute approximate surface area is 224 Å². The number of para-hydroxylation sites is 1. The number of ether oxygens (including phenoxy) is 5. The van der Waals surface area contributed by atoms with Crippen molar-refractivity contribution in [2.75, 3.05) is 84.1 Å². The topological polar surface area (TPSA) is 53.3 Å². The van der Waals surface area contributed by atoms with Crippen LogP contribution in [0.1, 0.15) is 17.5 Å². The maximum atomic E-state index is 5.81. The van der Waals surface area contributed by atoms with E-state index in [1.165, 1.54) is 20.8 Å². The van der Waals surface area contributed by atoms with Crippen LogP contribution in [0.5, 0.6) is 0 Å². The molecule has 0 saturated carbocycles. The first-order chi connectivity index (χ1) is 18.3. The van der Waals surface area contributed by atoms with Crippen LogP contribution in [-0.4, -0.2) is 79.2 Å². The van der Waals surface area contributed by atoms with Crippen LogP contribution in [0.15, 0.2) is 48.5 Å². The van der Waals surface area contributed by atoms with Crippen LogP contribution in [-0.2, 0) is 30.2 Å². The van der Waals surface area contributed by atoms with Crippen LogP contribution in [0.3, 0.4) is 0 Å². The maximum absolute atomic E-state index is 5.81. The van der Waals surface area contributed by atoms with E-state index in [0.717, 1.165) is 25.3 Å². The molecule has 1 aliphatic heterocycles. The Bertz CT molecular complexity index is 1070. The number of nitrogens with zero attached hydrogens (tertiary/aromatic N) is 2. The highest BCUT2D eigenvalue weighted by atomic mass is 32.1. The second-order valence-electron chi connectivity index (χ2n) is 8.63. The lowest BCUT2D eigenvalue weighted by atomic mass is 10.2. The van der Waals surface area contributed by atoms with Gasteiger partial charge in [-0.1, -0.05) is 35.6 Å². The van der Waals surface area contributed by atoms with Crippen molar-refractivity contribution in [3.8, 4) is 0 Å². The van der Waals surface area contributed by atoms with Gasteiger partial charge in [0, 0.05) is 30.9 Å². The molecule has 3 aromatic rings. The Morgan fingerprint density at radius 2 is 1.24 bits per heavy atom. The van der Waals surface area contributed by atoms with Gasteiger partial charge in [0.25, 0.3) is 5.01 Å². The summed E-state index contributed by atoms with van der Waals surface area (Å²) in [6, 6.07) is 17.3. The van der Waals surface area contributed by atoms with Gasteiger partial charge in [-0.25, -0.2) is 0 Å². The molecule has 4 rings (SSSR count). The molecule has 1 aromatic heterocycles. The van der Waals surface area contributed by atoms with E-state index in [1.807, 2.05) is 11.3 Å². The van der Waals surface area contributed by atoms with Gasteiger partial charge >= 0.3 is 0 Å². The van der Waals surface area contributed by atoms with E-state index in [2.05, 4.69) is 77.1 Å². The molecule has 200 valence electrons. The number of aryl methyl sites for hydroxylation is 1. The van der Waals surface area contributed by atoms with Gasteiger partial charge in [0.1, 0.15) is 11.2 Å². The van der Waals surface area contributed by atoms with E-state index < -0.39 is 0 Å². The summed E-state index contributed by atoms with van der Waals surface area (Å²) in [4.78, 5) is 2.31. The largest absolute Gasteiger partial charge is 0.377 e. The number of fused-ring (bicyclic) bond motifs is 1. The van der Waals surface area contributed by atoms with E-state index in [4.69, 9.17) is 23.7 Å². The zero-order chi connectivity index (χ0) is 25.5. The summed E-state index contributed by atoms with van der Waals surface area (Å²) in [6.07, 6.45) is 4.41. The lowest BCUT2D eigenvalue weighted by Crippen LogP contribution is -2.33. The zero-order valence-electron chi connectivity index (χ0n) is 21.8. The Morgan fingerprint density at radius 3 is 1.81 bits per heavy atom. The third-order valence-corrected chi connectivity index (χ3v) is 7.26. The van der Waals surface area contributed by atoms with Gasteiger partial charge in [-0.05, 0) is 36.8 Å². The zero-order valence-corrected chi connectivity index (χ0v) is 22.6. The fourth-order valence-electron chi connectivity index (χ4n) is 4.17. The Balaban J connectivity index is 1.36. The summed E-state index contributed by atoms with van der Waals surface area (Å²) < 4.78 is 31.9. The van der Waals surface area contributed by atoms with E-state index in [1.54, 1.807) is 0 Å². The molecular weight excluding hydrogens is 488 g/mol. The highest BCUT2D eigenvalue weighted by molar-refractivity contribution is 7.18. The maximum Gasteiger partial charge on any atom is 0.262 e. The van der Waals surface area contributed by atoms with Crippen LogP contribution in [0, 0.1) is 0 Å². The third kappa shape index (κ3) is 8.88. The monoisotopic (exact) mass is 527 g/mol. The van der Waals surface area contributed by atoms with Gasteiger partial charge < -0.3 is 28.6 Å². The third-order valence-electron chi connectivity index (χ3n) is 6.13. The van der Waals surface area contributed by atoms with Crippen molar-refractivity contribution in [3.63, 3.8) is 0 Å². The van der Waals surface area contributed by atoms with Crippen molar-refractivity contribution in [3.05, 3.63) is 59.1 Å². The summed E-state index contributed by atoms with van der Waals surface area (Å²) in [5.74, 6) is 0. The quantitative estimate of drug-likeness (QED) is 0.472. The molecule has 0 N–H and O–H groups in total. The van der Waals surface area contributed by atoms with Crippen LogP contribution in [0.4, 0.5) is 5.69 Å². The van der Waals surface area contributed by atoms with Crippen LogP contribution in [0.25, 0.3) is 22.4 Å². The van der Waals surface area contributed by atoms with Crippen molar-refractivity contribution < 1.29 is 28.3 Å². The van der Waals surface area contributed by atoms with Gasteiger partial charge in [-0.3, -0.25) is 0 Å². The predicted molar refractivity (Wildman–Crippen MR) is 149 cm³/mol. The molecule has 2 heterocycles. The lowest BCUT2D eigenvalue weighted by molar-refractivity contribution is -0.665. The molecule has 7 nitrogen and oxygen atoms in total. The number of aromatic nitrogens is 1. The predicted octanol–water partition coefficient (Wildman–Crippen LogP) is 4.28. The molecule has 0 unspecified atom stereocenters. The minimum Gasteiger partial charge on any atom is -0.377 e. The van der Waals surface area contributed by atoms with Gasteiger partial charge in [-0.2, -0.15) is 4.57 Å². The van der Waals surface area contributed by atoms with E-state index in [0.29, 0.717) is 66.1 Å². The fourth-order valence-corrected chi connectivity index (χ4v) is 5.30. The molecular formula is C29H39N2O5S+. The number of benzene rings is 2. The molecule has 37 heavy (non-hydrogen) atoms. The van der Waals surface area contributed by atoms with Crippen LogP contribution < -0.4 is 9.47 Å². The molecule has 0 aliphatic carbocycles. The van der Waals surface area contributed by atoms with Crippen LogP contribution >= 0.6 is 11.3 Å². The summed E-state index contributed by atoms with van der Waals surface area (Å²) in [6.45, 7) is 10.6. The molecule has 1 aliphatic rings. The van der Waals surface area contributed by atoms with E-state index in [9.17, 15) is 0 Å². The van der Waals surface area contributed by atoms with Crippen molar-refractivity contribution in [1.29, 1.82) is 0 Å². The first-order valence-corrected chi connectivity index (χ1v) is 14.0. The molecule has 0 spiro atoms. The average Bonchev–Trinajstić information content (AvgIpc) is 3.30. The van der Waals surface area contributed by atoms with Crippen LogP contribution in [0.2, 0.25) is 0 Å². The molecule has 0 atom stereocenters. The normalized spacial score (nSPS) is 18.1. The smallest absolute Gasteiger partial charge is 0.262 e. The number of rotatable bonds is 4. The molecule has 0 amide bonds. The average molecular weight is 528 g/mol. The second-order valence-corrected chi connectivity index (χ2v) is 9.69. The van der Waals surface area contributed by atoms with Gasteiger partial charge in [-0.15, -0.1) is 0 Å². The lowest BCUT2D eigenvalue weighted by Gasteiger charge is -2.25. The van der Waals surface area contributed by atoms with E-state index in [-0.39, 0.29) is 0 Å². The van der Waals surface area contributed by atoms with Gasteiger partial charge in [0.15, 0.2) is 0 Å². The highest BCUT2D eigenvalue weighted by Gasteiger charge is 2.16. The summed E-state index contributed by atoms with van der Waals surface area (Å²) in [5.41, 5.74) is 3.63. The van der Waals surface area contributed by atoms with Crippen molar-refractivity contribution in [2.45, 2.75) is 13.5 Å². The standard InChI is InChI=1S/C29H39N2O5S/c1-2-31-27-5-3-4-6-28(27)37-29(31)12-9-25-7-10-26(11-8-25)30-13-15-32-17-19-34-21-23-36-24-22-35-20-18-33-16-14-30/h3-12H,2,13-24H2,1H3/q+1. The Kier molecular flexibility index (Phi) is 11.8. The first kappa shape index (κ1) is 27.7. The second kappa shape index (κ2) is 15.8. The van der Waals surface area contributed by atoms with E-state index >= 15 is 0 Å². The van der Waals surface area contributed by atoms with Gasteiger partial charge in [0.2, 0.25) is 5.52 Å². The number of anilines is 1. The van der Waals surface area contributed by atoms with Crippen molar-refractivity contribution in [2.24, 2.45) is 0 Å². The summed E-state index contributed by atoms with van der Waals surface area (Å²) in [7, 11) is 0. The minimum absolute atomic E-state index is 0.570. The fraction of sp³-hybridized carbons (Fsp3) is 0.483. The van der Waals surface area contributed by atoms with Gasteiger partial charge in [0.05, 0.1) is 66.1 Å². The summed E-state index contributed by atoms with van der Waals surface area (Å²) >= 11 is 1.83. The molecule has 1 fully saturated rings. The Morgan fingerprint density at radius 1 is 0.703 bits per heavy atom. The van der Waals surface area contributed by atoms with Crippen molar-refractivity contribution >= 4 is 39.4 Å². The molecule has 0 bridgehead atoms. The molecule has 0 radical (unpaired) electrons. The molecule has 2 aromatic carbocycles. The highest BCUT2D eigenvalue weighted by Crippen LogP contribution is 2.22. The molecule has 1 saturated heterocycles. The SMILES string of the molecule is CC[n+]1c(/C=C/c2ccc(N3CCOCCOCCOCCOCCOCC3)cc2)sc2ccccc21. The number of thiazole rings is 1. The summed E-state index contributed by atoms with van der Waals surface area (Å²) in [5, 5.41) is 1.26. The number of hydrogen-bond acceptors (Lipinski definition) is 7. The number of hydrogen-bond donors (Lipinski definition) is 0. The Hall–Kier alpha value is -2.33. The first-order valence-electron chi connectivity index (χ1n) is 13.2. The molecule has 8 heteroatoms. The minimum atomic E-state index is 0.570.